The molecular formula is C6H13NO2. The van der Waals surface area contributed by atoms with E-state index >= 15 is 0 Å². The highest BCUT2D eigenvalue weighted by atomic mass is 16.5. The summed E-state index contributed by atoms with van der Waals surface area (Å²) in [6.45, 7) is 4.16. The fraction of sp³-hybridized carbons (Fsp3) is 0.833. The maximum Gasteiger partial charge on any atom is 0.294 e. The first-order valence-corrected chi connectivity index (χ1v) is 3.09. The highest BCUT2D eigenvalue weighted by Gasteiger charge is 2.20. The first-order chi connectivity index (χ1) is 4.18. The normalized spacial score (nSPS) is 11.0. The van der Waals surface area contributed by atoms with Gasteiger partial charge in [0.2, 0.25) is 0 Å². The first-order valence-electron chi connectivity index (χ1n) is 3.09. The predicted molar refractivity (Wildman–Crippen MR) is 34.6 cm³/mol. The van der Waals surface area contributed by atoms with Crippen LogP contribution in [0.3, 0.4) is 0 Å². The van der Waals surface area contributed by atoms with Gasteiger partial charge in [-0.05, 0) is 12.8 Å². The lowest BCUT2D eigenvalue weighted by Crippen LogP contribution is -2.40. The van der Waals surface area contributed by atoms with Crippen molar-refractivity contribution in [2.45, 2.75) is 32.4 Å². The number of nitrogens with two attached hydrogens (primary N) is 1. The molecule has 0 radical (unpaired) electrons. The van der Waals surface area contributed by atoms with Crippen molar-refractivity contribution in [3.8, 4) is 0 Å². The van der Waals surface area contributed by atoms with Gasteiger partial charge >= 0.3 is 0 Å². The minimum Gasteiger partial charge on any atom is -0.446 e. The molecule has 54 valence electrons. The van der Waals surface area contributed by atoms with Crippen LogP contribution in [0, 0.1) is 0 Å². The maximum absolute atomic E-state index is 9.84. The molecule has 9 heavy (non-hydrogen) atoms. The standard InChI is InChI=1S/C6H13NO2/c1-3-6(7,4-2)9-5-8/h5H,3-4,7H2,1-2H3. The Hall–Kier alpha value is -0.570. The summed E-state index contributed by atoms with van der Waals surface area (Å²) in [7, 11) is 0. The molecular weight excluding hydrogens is 118 g/mol. The lowest BCUT2D eigenvalue weighted by atomic mass is 10.1. The van der Waals surface area contributed by atoms with Crippen LogP contribution in [0.1, 0.15) is 26.7 Å². The van der Waals surface area contributed by atoms with Crippen molar-refractivity contribution >= 4 is 6.47 Å². The van der Waals surface area contributed by atoms with Crippen molar-refractivity contribution in [2.75, 3.05) is 0 Å². The van der Waals surface area contributed by atoms with Crippen molar-refractivity contribution in [1.29, 1.82) is 0 Å². The second kappa shape index (κ2) is 3.45. The Balaban J connectivity index is 3.75. The topological polar surface area (TPSA) is 52.3 Å². The Labute approximate surface area is 55.2 Å². The Bertz CT molecular complexity index is 89.1. The molecule has 0 aromatic carbocycles. The Kier molecular flexibility index (Phi) is 3.24. The van der Waals surface area contributed by atoms with Gasteiger partial charge < -0.3 is 4.74 Å². The van der Waals surface area contributed by atoms with E-state index in [0.717, 1.165) is 0 Å². The van der Waals surface area contributed by atoms with Crippen LogP contribution in [-0.4, -0.2) is 12.2 Å². The SMILES string of the molecule is CCC(N)(CC)OC=O. The third-order valence-corrected chi connectivity index (χ3v) is 1.48. The molecule has 0 bridgehead atoms. The van der Waals surface area contributed by atoms with Crippen LogP contribution in [0.5, 0.6) is 0 Å². The largest absolute Gasteiger partial charge is 0.446 e. The van der Waals surface area contributed by atoms with Gasteiger partial charge in [-0.3, -0.25) is 10.5 Å². The van der Waals surface area contributed by atoms with E-state index in [1.54, 1.807) is 0 Å². The second-order valence-corrected chi connectivity index (χ2v) is 1.99. The van der Waals surface area contributed by atoms with Crippen LogP contribution in [0.4, 0.5) is 0 Å². The molecule has 0 amide bonds. The van der Waals surface area contributed by atoms with E-state index in [2.05, 4.69) is 4.74 Å². The molecule has 0 aromatic rings. The monoisotopic (exact) mass is 131 g/mol. The molecule has 0 saturated heterocycles. The highest BCUT2D eigenvalue weighted by molar-refractivity contribution is 5.38. The summed E-state index contributed by atoms with van der Waals surface area (Å²) in [5.41, 5.74) is 4.82. The summed E-state index contributed by atoms with van der Waals surface area (Å²) < 4.78 is 4.62. The zero-order valence-electron chi connectivity index (χ0n) is 5.89. The van der Waals surface area contributed by atoms with E-state index < -0.39 is 5.72 Å². The van der Waals surface area contributed by atoms with Crippen molar-refractivity contribution in [3.63, 3.8) is 0 Å². The van der Waals surface area contributed by atoms with Crippen molar-refractivity contribution in [2.24, 2.45) is 5.73 Å². The van der Waals surface area contributed by atoms with Gasteiger partial charge in [0.05, 0.1) is 0 Å². The zero-order chi connectivity index (χ0) is 7.33. The molecule has 0 aliphatic heterocycles. The molecule has 2 N–H and O–H groups in total. The summed E-state index contributed by atoms with van der Waals surface area (Å²) in [4.78, 5) is 9.84. The summed E-state index contributed by atoms with van der Waals surface area (Å²) in [5, 5.41) is 0. The van der Waals surface area contributed by atoms with Gasteiger partial charge in [-0.15, -0.1) is 0 Å². The van der Waals surface area contributed by atoms with Gasteiger partial charge in [0, 0.05) is 0 Å². The van der Waals surface area contributed by atoms with E-state index in [4.69, 9.17) is 5.73 Å². The molecule has 0 saturated carbocycles. The molecule has 0 aromatic heterocycles. The van der Waals surface area contributed by atoms with Crippen LogP contribution < -0.4 is 5.73 Å². The lowest BCUT2D eigenvalue weighted by molar-refractivity contribution is -0.143. The van der Waals surface area contributed by atoms with Crippen molar-refractivity contribution in [1.82, 2.24) is 0 Å². The second-order valence-electron chi connectivity index (χ2n) is 1.99. The summed E-state index contributed by atoms with van der Waals surface area (Å²) in [6.07, 6.45) is 1.31. The van der Waals surface area contributed by atoms with Gasteiger partial charge in [0.15, 0.2) is 5.72 Å². The molecule has 3 nitrogen and oxygen atoms in total. The molecule has 0 heterocycles. The molecule has 0 rings (SSSR count). The number of carbonyl (C=O) groups is 1. The highest BCUT2D eigenvalue weighted by Crippen LogP contribution is 2.10. The fourth-order valence-corrected chi connectivity index (χ4v) is 0.512. The number of hydrogen-bond donors (Lipinski definition) is 1. The Morgan fingerprint density at radius 1 is 1.56 bits per heavy atom. The third-order valence-electron chi connectivity index (χ3n) is 1.48. The average molecular weight is 131 g/mol. The Morgan fingerprint density at radius 2 is 2.00 bits per heavy atom. The van der Waals surface area contributed by atoms with Crippen LogP contribution in [0.15, 0.2) is 0 Å². The summed E-state index contributed by atoms with van der Waals surface area (Å²) in [5.74, 6) is 0. The van der Waals surface area contributed by atoms with Crippen LogP contribution in [0.2, 0.25) is 0 Å². The lowest BCUT2D eigenvalue weighted by Gasteiger charge is -2.23. The number of carbonyl (C=O) groups excluding carboxylic acids is 1. The van der Waals surface area contributed by atoms with E-state index in [1.165, 1.54) is 0 Å². The van der Waals surface area contributed by atoms with Crippen molar-refractivity contribution in [3.05, 3.63) is 0 Å². The van der Waals surface area contributed by atoms with Gasteiger partial charge in [-0.2, -0.15) is 0 Å². The fourth-order valence-electron chi connectivity index (χ4n) is 0.512. The zero-order valence-corrected chi connectivity index (χ0v) is 5.89. The van der Waals surface area contributed by atoms with E-state index in [1.807, 2.05) is 13.8 Å². The Morgan fingerprint density at radius 3 is 2.11 bits per heavy atom. The predicted octanol–water partition coefficient (Wildman–Crippen LogP) is 0.634. The summed E-state index contributed by atoms with van der Waals surface area (Å²) >= 11 is 0. The van der Waals surface area contributed by atoms with Gasteiger partial charge in [0.25, 0.3) is 6.47 Å². The van der Waals surface area contributed by atoms with Gasteiger partial charge in [-0.1, -0.05) is 13.8 Å². The minimum atomic E-state index is -0.734. The van der Waals surface area contributed by atoms with Gasteiger partial charge in [-0.25, -0.2) is 0 Å². The van der Waals surface area contributed by atoms with Crippen LogP contribution in [0.25, 0.3) is 0 Å². The molecule has 0 spiro atoms. The third kappa shape index (κ3) is 2.46. The minimum absolute atomic E-state index is 0.396. The van der Waals surface area contributed by atoms with Crippen LogP contribution in [-0.2, 0) is 9.53 Å². The number of hydrogen-bond acceptors (Lipinski definition) is 3. The van der Waals surface area contributed by atoms with Gasteiger partial charge in [0.1, 0.15) is 0 Å². The molecule has 0 unspecified atom stereocenters. The smallest absolute Gasteiger partial charge is 0.294 e. The molecule has 0 aliphatic rings. The maximum atomic E-state index is 9.84. The first kappa shape index (κ1) is 8.43. The molecule has 0 atom stereocenters. The van der Waals surface area contributed by atoms with E-state index in [9.17, 15) is 4.79 Å². The van der Waals surface area contributed by atoms with Crippen LogP contribution >= 0.6 is 0 Å². The average Bonchev–Trinajstić information content (AvgIpc) is 1.89. The van der Waals surface area contributed by atoms with Crippen molar-refractivity contribution < 1.29 is 9.53 Å². The number of ether oxygens (including phenoxy) is 1. The van der Waals surface area contributed by atoms with E-state index in [-0.39, 0.29) is 0 Å². The molecule has 0 aliphatic carbocycles. The van der Waals surface area contributed by atoms with E-state index in [0.29, 0.717) is 19.3 Å². The molecule has 3 heteroatoms. The molecule has 0 fully saturated rings. The summed E-state index contributed by atoms with van der Waals surface area (Å²) in [6, 6.07) is 0. The quantitative estimate of drug-likeness (QED) is 0.450. The number of rotatable bonds is 4.